The van der Waals surface area contributed by atoms with E-state index < -0.39 is 17.8 Å². The highest BCUT2D eigenvalue weighted by Crippen LogP contribution is 2.37. The van der Waals surface area contributed by atoms with Crippen molar-refractivity contribution < 1.29 is 22.7 Å². The summed E-state index contributed by atoms with van der Waals surface area (Å²) in [7, 11) is 0. The molecule has 4 nitrogen and oxygen atoms in total. The Labute approximate surface area is 144 Å². The van der Waals surface area contributed by atoms with E-state index in [0.717, 1.165) is 11.6 Å². The van der Waals surface area contributed by atoms with Crippen LogP contribution < -0.4 is 15.4 Å². The molecule has 2 N–H and O–H groups in total. The highest BCUT2D eigenvalue weighted by molar-refractivity contribution is 5.90. The maximum absolute atomic E-state index is 13.2. The minimum Gasteiger partial charge on any atom is -0.494 e. The van der Waals surface area contributed by atoms with Crippen LogP contribution in [0.3, 0.4) is 0 Å². The fourth-order valence-electron chi connectivity index (χ4n) is 2.30. The molecule has 2 amide bonds. The second-order valence-electron chi connectivity index (χ2n) is 5.37. The Kier molecular flexibility index (Phi) is 5.90. The summed E-state index contributed by atoms with van der Waals surface area (Å²) in [6.45, 7) is 3.68. The normalized spacial score (nSPS) is 12.4. The van der Waals surface area contributed by atoms with Crippen LogP contribution in [0.1, 0.15) is 31.0 Å². The van der Waals surface area contributed by atoms with Gasteiger partial charge in [-0.2, -0.15) is 13.2 Å². The molecule has 0 aromatic heterocycles. The molecular weight excluding hydrogens is 333 g/mol. The van der Waals surface area contributed by atoms with E-state index >= 15 is 0 Å². The molecule has 2 aromatic carbocycles. The summed E-state index contributed by atoms with van der Waals surface area (Å²) in [6.07, 6.45) is -4.61. The van der Waals surface area contributed by atoms with Gasteiger partial charge in [0.1, 0.15) is 5.75 Å². The van der Waals surface area contributed by atoms with Crippen LogP contribution in [0, 0.1) is 0 Å². The van der Waals surface area contributed by atoms with Gasteiger partial charge in [0.15, 0.2) is 0 Å². The van der Waals surface area contributed by atoms with E-state index in [1.807, 2.05) is 30.3 Å². The predicted octanol–water partition coefficient (Wildman–Crippen LogP) is 4.99. The van der Waals surface area contributed by atoms with Crippen molar-refractivity contribution in [1.29, 1.82) is 0 Å². The van der Waals surface area contributed by atoms with Gasteiger partial charge in [0.05, 0.1) is 23.9 Å². The highest BCUT2D eigenvalue weighted by atomic mass is 19.4. The smallest absolute Gasteiger partial charge is 0.418 e. The lowest BCUT2D eigenvalue weighted by atomic mass is 10.1. The van der Waals surface area contributed by atoms with Gasteiger partial charge in [-0.15, -0.1) is 0 Å². The number of amides is 2. The molecule has 0 saturated heterocycles. The molecule has 25 heavy (non-hydrogen) atoms. The lowest BCUT2D eigenvalue weighted by Gasteiger charge is -2.18. The van der Waals surface area contributed by atoms with E-state index in [2.05, 4.69) is 10.6 Å². The molecule has 0 fully saturated rings. The van der Waals surface area contributed by atoms with E-state index in [1.165, 1.54) is 12.1 Å². The van der Waals surface area contributed by atoms with Crippen molar-refractivity contribution in [2.45, 2.75) is 26.1 Å². The molecule has 0 bridgehead atoms. The van der Waals surface area contributed by atoms with E-state index in [-0.39, 0.29) is 24.1 Å². The molecule has 0 saturated carbocycles. The standard InChI is InChI=1S/C18H19F3N2O2/c1-3-25-14-9-10-16(15(11-14)18(19,20)21)23-17(24)22-12(2)13-7-5-4-6-8-13/h4-12H,3H2,1-2H3,(H2,22,23,24). The van der Waals surface area contributed by atoms with Crippen LogP contribution >= 0.6 is 0 Å². The van der Waals surface area contributed by atoms with Crippen LogP contribution in [0.2, 0.25) is 0 Å². The van der Waals surface area contributed by atoms with E-state index in [0.29, 0.717) is 0 Å². The molecule has 0 aliphatic rings. The Hall–Kier alpha value is -2.70. The molecule has 134 valence electrons. The summed E-state index contributed by atoms with van der Waals surface area (Å²) < 4.78 is 44.8. The second-order valence-corrected chi connectivity index (χ2v) is 5.37. The Morgan fingerprint density at radius 2 is 1.84 bits per heavy atom. The molecular formula is C18H19F3N2O2. The molecule has 1 atom stereocenters. The second kappa shape index (κ2) is 7.92. The van der Waals surface area contributed by atoms with Gasteiger partial charge in [-0.3, -0.25) is 0 Å². The summed E-state index contributed by atoms with van der Waals surface area (Å²) in [5.74, 6) is 0.0958. The Balaban J connectivity index is 2.14. The third-order valence-corrected chi connectivity index (χ3v) is 3.50. The lowest BCUT2D eigenvalue weighted by Crippen LogP contribution is -2.31. The van der Waals surface area contributed by atoms with Crippen LogP contribution in [0.4, 0.5) is 23.7 Å². The minimum atomic E-state index is -4.61. The maximum Gasteiger partial charge on any atom is 0.418 e. The van der Waals surface area contributed by atoms with Crippen molar-refractivity contribution in [3.63, 3.8) is 0 Å². The highest BCUT2D eigenvalue weighted by Gasteiger charge is 2.34. The topological polar surface area (TPSA) is 50.4 Å². The Morgan fingerprint density at radius 3 is 2.44 bits per heavy atom. The average Bonchev–Trinajstić information content (AvgIpc) is 2.56. The van der Waals surface area contributed by atoms with E-state index in [9.17, 15) is 18.0 Å². The third kappa shape index (κ3) is 5.14. The van der Waals surface area contributed by atoms with Crippen molar-refractivity contribution in [3.05, 3.63) is 59.7 Å². The van der Waals surface area contributed by atoms with Crippen molar-refractivity contribution in [1.82, 2.24) is 5.32 Å². The molecule has 0 heterocycles. The van der Waals surface area contributed by atoms with Crippen molar-refractivity contribution in [2.75, 3.05) is 11.9 Å². The zero-order valence-electron chi connectivity index (χ0n) is 13.9. The number of anilines is 1. The summed E-state index contributed by atoms with van der Waals surface area (Å²) in [5, 5.41) is 4.88. The Morgan fingerprint density at radius 1 is 1.16 bits per heavy atom. The number of rotatable bonds is 5. The summed E-state index contributed by atoms with van der Waals surface area (Å²) in [6, 6.07) is 11.5. The predicted molar refractivity (Wildman–Crippen MR) is 89.6 cm³/mol. The number of nitrogens with one attached hydrogen (secondary N) is 2. The molecule has 2 rings (SSSR count). The quantitative estimate of drug-likeness (QED) is 0.797. The van der Waals surface area contributed by atoms with Gasteiger partial charge in [-0.25, -0.2) is 4.79 Å². The first-order valence-electron chi connectivity index (χ1n) is 7.77. The van der Waals surface area contributed by atoms with E-state index in [4.69, 9.17) is 4.74 Å². The third-order valence-electron chi connectivity index (χ3n) is 3.50. The van der Waals surface area contributed by atoms with Gasteiger partial charge < -0.3 is 15.4 Å². The molecule has 0 aliphatic heterocycles. The SMILES string of the molecule is CCOc1ccc(NC(=O)NC(C)c2ccccc2)c(C(F)(F)F)c1. The number of ether oxygens (including phenoxy) is 1. The molecule has 1 unspecified atom stereocenters. The number of alkyl halides is 3. The lowest BCUT2D eigenvalue weighted by molar-refractivity contribution is -0.137. The zero-order chi connectivity index (χ0) is 18.4. The number of benzene rings is 2. The van der Waals surface area contributed by atoms with Crippen LogP contribution in [-0.4, -0.2) is 12.6 Å². The van der Waals surface area contributed by atoms with Crippen molar-refractivity contribution >= 4 is 11.7 Å². The number of hydrogen-bond acceptors (Lipinski definition) is 2. The first-order chi connectivity index (χ1) is 11.8. The molecule has 7 heteroatoms. The van der Waals surface area contributed by atoms with Crippen molar-refractivity contribution in [3.8, 4) is 5.75 Å². The Bertz CT molecular complexity index is 718. The van der Waals surface area contributed by atoms with E-state index in [1.54, 1.807) is 13.8 Å². The van der Waals surface area contributed by atoms with Gasteiger partial charge in [0, 0.05) is 0 Å². The molecule has 2 aromatic rings. The number of carbonyl (C=O) groups is 1. The number of carbonyl (C=O) groups excluding carboxylic acids is 1. The number of hydrogen-bond donors (Lipinski definition) is 2. The van der Waals surface area contributed by atoms with Gasteiger partial charge >= 0.3 is 12.2 Å². The first kappa shape index (κ1) is 18.6. The van der Waals surface area contributed by atoms with Crippen LogP contribution in [0.25, 0.3) is 0 Å². The summed E-state index contributed by atoms with van der Waals surface area (Å²) >= 11 is 0. The molecule has 0 radical (unpaired) electrons. The van der Waals surface area contributed by atoms with Crippen molar-refractivity contribution in [2.24, 2.45) is 0 Å². The fourth-order valence-corrected chi connectivity index (χ4v) is 2.30. The van der Waals surface area contributed by atoms with Gasteiger partial charge in [0.25, 0.3) is 0 Å². The summed E-state index contributed by atoms with van der Waals surface area (Å²) in [5.41, 5.74) is -0.435. The van der Waals surface area contributed by atoms with Gasteiger partial charge in [-0.05, 0) is 37.6 Å². The van der Waals surface area contributed by atoms with Gasteiger partial charge in [0.2, 0.25) is 0 Å². The van der Waals surface area contributed by atoms with Crippen LogP contribution in [-0.2, 0) is 6.18 Å². The minimum absolute atomic E-state index is 0.0958. The summed E-state index contributed by atoms with van der Waals surface area (Å²) in [4.78, 5) is 12.1. The first-order valence-corrected chi connectivity index (χ1v) is 7.77. The van der Waals surface area contributed by atoms with Crippen LogP contribution in [0.5, 0.6) is 5.75 Å². The monoisotopic (exact) mass is 352 g/mol. The molecule has 0 aliphatic carbocycles. The number of halogens is 3. The van der Waals surface area contributed by atoms with Crippen LogP contribution in [0.15, 0.2) is 48.5 Å². The maximum atomic E-state index is 13.2. The zero-order valence-corrected chi connectivity index (χ0v) is 13.9. The van der Waals surface area contributed by atoms with Gasteiger partial charge in [-0.1, -0.05) is 30.3 Å². The largest absolute Gasteiger partial charge is 0.494 e. The average molecular weight is 352 g/mol. The number of urea groups is 1. The fraction of sp³-hybridized carbons (Fsp3) is 0.278. The molecule has 0 spiro atoms.